The van der Waals surface area contributed by atoms with Crippen LogP contribution < -0.4 is 4.74 Å². The van der Waals surface area contributed by atoms with E-state index in [1.54, 1.807) is 0 Å². The Kier molecular flexibility index (Phi) is 3.84. The maximum absolute atomic E-state index is 5.51. The fourth-order valence-electron chi connectivity index (χ4n) is 2.81. The van der Waals surface area contributed by atoms with Crippen LogP contribution >= 0.6 is 15.9 Å². The molecule has 0 spiro atoms. The van der Waals surface area contributed by atoms with Gasteiger partial charge in [-0.1, -0.05) is 58.4 Å². The van der Waals surface area contributed by atoms with Gasteiger partial charge in [-0.15, -0.1) is 0 Å². The van der Waals surface area contributed by atoms with Crippen LogP contribution in [-0.4, -0.2) is 6.61 Å². The van der Waals surface area contributed by atoms with Gasteiger partial charge >= 0.3 is 0 Å². The summed E-state index contributed by atoms with van der Waals surface area (Å²) in [6.45, 7) is 2.72. The number of halogens is 1. The second kappa shape index (κ2) is 5.61. The van der Waals surface area contributed by atoms with Gasteiger partial charge < -0.3 is 4.74 Å². The fourth-order valence-corrected chi connectivity index (χ4v) is 3.84. The molecule has 1 saturated carbocycles. The molecule has 0 aromatic heterocycles. The summed E-state index contributed by atoms with van der Waals surface area (Å²) in [7, 11) is 0. The van der Waals surface area contributed by atoms with Gasteiger partial charge in [-0.25, -0.2) is 0 Å². The molecule has 1 aliphatic carbocycles. The van der Waals surface area contributed by atoms with E-state index in [9.17, 15) is 0 Å². The molecule has 2 aromatic carbocycles. The molecule has 1 atom stereocenters. The lowest BCUT2D eigenvalue weighted by molar-refractivity contribution is 0.340. The average molecular weight is 331 g/mol. The standard InChI is InChI=1S/C18H19BrO/c1-2-20-16-10-8-14(9-11-16)17(19)18(12-13-18)15-6-4-3-5-7-15/h3-11,17H,2,12-13H2,1H3. The molecule has 0 saturated heterocycles. The Morgan fingerprint density at radius 1 is 1.05 bits per heavy atom. The minimum absolute atomic E-state index is 0.272. The SMILES string of the molecule is CCOc1ccc(C(Br)C2(c3ccccc3)CC2)cc1. The minimum atomic E-state index is 0.272. The Morgan fingerprint density at radius 2 is 1.70 bits per heavy atom. The second-order valence-corrected chi connectivity index (χ2v) is 6.30. The van der Waals surface area contributed by atoms with Crippen molar-refractivity contribution in [2.45, 2.75) is 30.0 Å². The smallest absolute Gasteiger partial charge is 0.119 e. The van der Waals surface area contributed by atoms with E-state index in [2.05, 4.69) is 70.5 Å². The summed E-state index contributed by atoms with van der Waals surface area (Å²) >= 11 is 3.93. The summed E-state index contributed by atoms with van der Waals surface area (Å²) in [5.41, 5.74) is 3.04. The van der Waals surface area contributed by atoms with Crippen LogP contribution in [0.25, 0.3) is 0 Å². The lowest BCUT2D eigenvalue weighted by atomic mass is 9.89. The topological polar surface area (TPSA) is 9.23 Å². The molecule has 1 unspecified atom stereocenters. The van der Waals surface area contributed by atoms with Crippen LogP contribution in [0, 0.1) is 0 Å². The second-order valence-electron chi connectivity index (χ2n) is 5.39. The molecular weight excluding hydrogens is 312 g/mol. The molecule has 0 heterocycles. The first-order chi connectivity index (χ1) is 9.76. The van der Waals surface area contributed by atoms with Crippen molar-refractivity contribution in [3.05, 3.63) is 65.7 Å². The molecule has 0 radical (unpaired) electrons. The highest BCUT2D eigenvalue weighted by atomic mass is 79.9. The first-order valence-corrected chi connectivity index (χ1v) is 8.10. The predicted molar refractivity (Wildman–Crippen MR) is 86.6 cm³/mol. The zero-order valence-corrected chi connectivity index (χ0v) is 13.3. The molecule has 0 bridgehead atoms. The molecule has 1 aliphatic rings. The molecule has 0 N–H and O–H groups in total. The van der Waals surface area contributed by atoms with Gasteiger partial charge in [-0.2, -0.15) is 0 Å². The third-order valence-electron chi connectivity index (χ3n) is 4.11. The zero-order chi connectivity index (χ0) is 14.0. The number of rotatable bonds is 5. The molecule has 2 aromatic rings. The van der Waals surface area contributed by atoms with Gasteiger partial charge in [0.1, 0.15) is 5.75 Å². The van der Waals surface area contributed by atoms with Crippen LogP contribution in [0.1, 0.15) is 35.7 Å². The number of alkyl halides is 1. The van der Waals surface area contributed by atoms with Gasteiger partial charge in [0.25, 0.3) is 0 Å². The van der Waals surface area contributed by atoms with Crippen LogP contribution in [-0.2, 0) is 5.41 Å². The van der Waals surface area contributed by atoms with E-state index in [-0.39, 0.29) is 5.41 Å². The minimum Gasteiger partial charge on any atom is -0.494 e. The van der Waals surface area contributed by atoms with E-state index in [0.29, 0.717) is 11.4 Å². The number of ether oxygens (including phenoxy) is 1. The van der Waals surface area contributed by atoms with Crippen LogP contribution in [0.3, 0.4) is 0 Å². The highest BCUT2D eigenvalue weighted by Crippen LogP contribution is 2.60. The third kappa shape index (κ3) is 2.49. The molecule has 0 aliphatic heterocycles. The lowest BCUT2D eigenvalue weighted by Crippen LogP contribution is -2.13. The maximum atomic E-state index is 5.51. The van der Waals surface area contributed by atoms with Crippen molar-refractivity contribution in [3.8, 4) is 5.75 Å². The Balaban J connectivity index is 1.83. The van der Waals surface area contributed by atoms with Crippen LogP contribution in [0.15, 0.2) is 54.6 Å². The summed E-state index contributed by atoms with van der Waals surface area (Å²) in [5.74, 6) is 0.945. The van der Waals surface area contributed by atoms with Crippen molar-refractivity contribution in [2.75, 3.05) is 6.61 Å². The van der Waals surface area contributed by atoms with Crippen LogP contribution in [0.4, 0.5) is 0 Å². The Hall–Kier alpha value is -1.28. The number of hydrogen-bond acceptors (Lipinski definition) is 1. The summed E-state index contributed by atoms with van der Waals surface area (Å²) < 4.78 is 5.51. The Bertz CT molecular complexity index is 558. The van der Waals surface area contributed by atoms with E-state index in [0.717, 1.165) is 5.75 Å². The van der Waals surface area contributed by atoms with Crippen molar-refractivity contribution < 1.29 is 4.74 Å². The number of benzene rings is 2. The van der Waals surface area contributed by atoms with Gasteiger partial charge in [0, 0.05) is 10.2 Å². The van der Waals surface area contributed by atoms with E-state index < -0.39 is 0 Å². The molecule has 1 nitrogen and oxygen atoms in total. The van der Waals surface area contributed by atoms with Gasteiger partial charge in [0.05, 0.1) is 6.61 Å². The largest absolute Gasteiger partial charge is 0.494 e. The van der Waals surface area contributed by atoms with Crippen molar-refractivity contribution in [1.29, 1.82) is 0 Å². The molecule has 20 heavy (non-hydrogen) atoms. The van der Waals surface area contributed by atoms with Gasteiger partial charge in [-0.05, 0) is 43.0 Å². The Morgan fingerprint density at radius 3 is 2.25 bits per heavy atom. The van der Waals surface area contributed by atoms with E-state index in [1.165, 1.54) is 24.0 Å². The van der Waals surface area contributed by atoms with E-state index in [1.807, 2.05) is 6.92 Å². The summed E-state index contributed by atoms with van der Waals surface area (Å²) in [6, 6.07) is 19.3. The van der Waals surface area contributed by atoms with Crippen LogP contribution in [0.5, 0.6) is 5.75 Å². The first kappa shape index (κ1) is 13.7. The monoisotopic (exact) mass is 330 g/mol. The Labute approximate surface area is 129 Å². The zero-order valence-electron chi connectivity index (χ0n) is 11.7. The number of hydrogen-bond donors (Lipinski definition) is 0. The fraction of sp³-hybridized carbons (Fsp3) is 0.333. The summed E-state index contributed by atoms with van der Waals surface area (Å²) in [5, 5.41) is 0. The quantitative estimate of drug-likeness (QED) is 0.680. The van der Waals surface area contributed by atoms with E-state index >= 15 is 0 Å². The maximum Gasteiger partial charge on any atom is 0.119 e. The molecule has 3 rings (SSSR count). The van der Waals surface area contributed by atoms with Crippen molar-refractivity contribution in [2.24, 2.45) is 0 Å². The van der Waals surface area contributed by atoms with E-state index in [4.69, 9.17) is 4.74 Å². The van der Waals surface area contributed by atoms with Crippen molar-refractivity contribution >= 4 is 15.9 Å². The normalized spacial score (nSPS) is 17.5. The predicted octanol–water partition coefficient (Wildman–Crippen LogP) is 5.25. The molecule has 104 valence electrons. The van der Waals surface area contributed by atoms with Gasteiger partial charge in [-0.3, -0.25) is 0 Å². The van der Waals surface area contributed by atoms with Crippen molar-refractivity contribution in [3.63, 3.8) is 0 Å². The highest BCUT2D eigenvalue weighted by Gasteiger charge is 2.50. The summed E-state index contributed by atoms with van der Waals surface area (Å²) in [4.78, 5) is 0.369. The third-order valence-corrected chi connectivity index (χ3v) is 5.51. The molecule has 1 fully saturated rings. The summed E-state index contributed by atoms with van der Waals surface area (Å²) in [6.07, 6.45) is 2.50. The molecular formula is C18H19BrO. The highest BCUT2D eigenvalue weighted by molar-refractivity contribution is 9.09. The van der Waals surface area contributed by atoms with Gasteiger partial charge in [0.15, 0.2) is 0 Å². The van der Waals surface area contributed by atoms with Gasteiger partial charge in [0.2, 0.25) is 0 Å². The molecule has 0 amide bonds. The van der Waals surface area contributed by atoms with Crippen LogP contribution in [0.2, 0.25) is 0 Å². The van der Waals surface area contributed by atoms with Crippen molar-refractivity contribution in [1.82, 2.24) is 0 Å². The molecule has 2 heteroatoms. The average Bonchev–Trinajstić information content (AvgIpc) is 3.30. The first-order valence-electron chi connectivity index (χ1n) is 7.18. The lowest BCUT2D eigenvalue weighted by Gasteiger charge is -2.23.